The van der Waals surface area contributed by atoms with Gasteiger partial charge in [-0.2, -0.15) is 5.26 Å². The van der Waals surface area contributed by atoms with Crippen molar-refractivity contribution in [2.45, 2.75) is 13.8 Å². The Hall–Kier alpha value is -0.670. The summed E-state index contributed by atoms with van der Waals surface area (Å²) in [5, 5.41) is 21.9. The van der Waals surface area contributed by atoms with Crippen molar-refractivity contribution in [1.29, 1.82) is 5.26 Å². The van der Waals surface area contributed by atoms with Crippen molar-refractivity contribution < 1.29 is 15.7 Å². The monoisotopic (exact) mass is 154 g/mol. The largest absolute Gasteiger partial charge is 0.412 e. The smallest absolute Gasteiger partial charge is 0.0587 e. The van der Waals surface area contributed by atoms with Crippen LogP contribution in [-0.2, 0) is 0 Å². The van der Waals surface area contributed by atoms with E-state index in [1.54, 1.807) is 13.0 Å². The molecule has 0 rings (SSSR count). The minimum absolute atomic E-state index is 0. The highest BCUT2D eigenvalue weighted by atomic mass is 16.2. The molecular weight excluding hydrogens is 136 g/mol. The second-order valence-electron chi connectivity index (χ2n) is 0.540. The highest BCUT2D eigenvalue weighted by Crippen LogP contribution is 1.30. The molecule has 0 saturated heterocycles. The van der Waals surface area contributed by atoms with Crippen LogP contribution in [0.5, 0.6) is 0 Å². The third-order valence-electron chi connectivity index (χ3n) is 0. The van der Waals surface area contributed by atoms with Crippen molar-refractivity contribution in [2.75, 3.05) is 13.7 Å². The van der Waals surface area contributed by atoms with E-state index >= 15 is 0 Å². The lowest BCUT2D eigenvalue weighted by Gasteiger charge is -1.52. The molecule has 0 fully saturated rings. The quantitative estimate of drug-likeness (QED) is 0.433. The summed E-state index contributed by atoms with van der Waals surface area (Å²) in [6, 6.07) is 1.75. The molecule has 0 aromatic heterocycles. The summed E-state index contributed by atoms with van der Waals surface area (Å²) >= 11 is 0. The van der Waals surface area contributed by atoms with E-state index in [9.17, 15) is 0 Å². The maximum absolute atomic E-state index is 7.57. The Labute approximate surface area is 61.8 Å². The van der Waals surface area contributed by atoms with Crippen LogP contribution < -0.4 is 6.15 Å². The van der Waals surface area contributed by atoms with Gasteiger partial charge in [-0.15, -0.1) is 0 Å². The van der Waals surface area contributed by atoms with E-state index < -0.39 is 0 Å². The highest BCUT2D eigenvalue weighted by molar-refractivity contribution is 4.51. The molecule has 66 valence electrons. The van der Waals surface area contributed by atoms with Gasteiger partial charge in [0, 0.05) is 20.6 Å². The van der Waals surface area contributed by atoms with Gasteiger partial charge in [0.25, 0.3) is 0 Å². The predicted octanol–water partition coefficient (Wildman–Crippen LogP) is -0.526. The standard InChI is InChI=1S/C2H3N.C2H6O.CH4O.H3N.H2O/c2*1-2-3;1-2;;/h1H3;3H,2H2,1H3;2H,1H3;1H3;1H2. The Bertz CT molecular complexity index is 44.6. The molecule has 0 aliphatic rings. The Kier molecular flexibility index (Phi) is 874. The number of aliphatic hydroxyl groups is 2. The highest BCUT2D eigenvalue weighted by Gasteiger charge is 1.34. The molecule has 0 atom stereocenters. The molecule has 0 heterocycles. The van der Waals surface area contributed by atoms with Gasteiger partial charge in [-0.05, 0) is 6.92 Å². The second-order valence-corrected chi connectivity index (χ2v) is 0.540. The zero-order chi connectivity index (χ0) is 7.41. The summed E-state index contributed by atoms with van der Waals surface area (Å²) in [6.07, 6.45) is 0. The van der Waals surface area contributed by atoms with Crippen molar-refractivity contribution in [3.63, 3.8) is 0 Å². The molecule has 0 aliphatic heterocycles. The van der Waals surface area contributed by atoms with E-state index in [0.717, 1.165) is 7.11 Å². The van der Waals surface area contributed by atoms with Gasteiger partial charge in [-0.25, -0.2) is 0 Å². The minimum atomic E-state index is 0. The molecule has 0 aliphatic carbocycles. The van der Waals surface area contributed by atoms with E-state index in [2.05, 4.69) is 0 Å². The molecule has 10 heavy (non-hydrogen) atoms. The van der Waals surface area contributed by atoms with Crippen molar-refractivity contribution in [2.24, 2.45) is 0 Å². The first-order valence-electron chi connectivity index (χ1n) is 2.19. The molecule has 5 heteroatoms. The molecule has 0 spiro atoms. The average molecular weight is 154 g/mol. The van der Waals surface area contributed by atoms with Gasteiger partial charge in [-0.3, -0.25) is 0 Å². The first kappa shape index (κ1) is 34.5. The van der Waals surface area contributed by atoms with Gasteiger partial charge >= 0.3 is 0 Å². The number of hydrogen-bond acceptors (Lipinski definition) is 4. The van der Waals surface area contributed by atoms with Crippen molar-refractivity contribution in [1.82, 2.24) is 6.15 Å². The van der Waals surface area contributed by atoms with Gasteiger partial charge < -0.3 is 21.8 Å². The van der Waals surface area contributed by atoms with Crippen molar-refractivity contribution in [3.05, 3.63) is 0 Å². The number of nitrogens with zero attached hydrogens (tertiary/aromatic N) is 1. The average Bonchev–Trinajstić information content (AvgIpc) is 1.75. The van der Waals surface area contributed by atoms with Crippen LogP contribution in [-0.4, -0.2) is 29.4 Å². The molecular formula is C5H18N2O3. The van der Waals surface area contributed by atoms with Gasteiger partial charge in [0.2, 0.25) is 0 Å². The van der Waals surface area contributed by atoms with Gasteiger partial charge in [0.1, 0.15) is 0 Å². The van der Waals surface area contributed by atoms with E-state index in [0.29, 0.717) is 0 Å². The lowest BCUT2D eigenvalue weighted by atomic mass is 10.9. The fourth-order valence-corrected chi connectivity index (χ4v) is 0. The maximum atomic E-state index is 7.57. The first-order valence-corrected chi connectivity index (χ1v) is 2.19. The van der Waals surface area contributed by atoms with Crippen LogP contribution in [0.3, 0.4) is 0 Å². The zero-order valence-electron chi connectivity index (χ0n) is 6.76. The van der Waals surface area contributed by atoms with E-state index in [1.807, 2.05) is 0 Å². The van der Waals surface area contributed by atoms with Crippen molar-refractivity contribution >= 4 is 0 Å². The van der Waals surface area contributed by atoms with Gasteiger partial charge in [0.05, 0.1) is 6.07 Å². The molecule has 0 aromatic rings. The number of aliphatic hydroxyl groups excluding tert-OH is 2. The summed E-state index contributed by atoms with van der Waals surface area (Å²) in [7, 11) is 1.00. The second kappa shape index (κ2) is 253. The molecule has 5 nitrogen and oxygen atoms in total. The number of nitriles is 1. The lowest BCUT2D eigenvalue weighted by molar-refractivity contribution is 0.318. The molecule has 0 unspecified atom stereocenters. The summed E-state index contributed by atoms with van der Waals surface area (Å²) in [4.78, 5) is 0. The van der Waals surface area contributed by atoms with Crippen LogP contribution in [0.25, 0.3) is 0 Å². The summed E-state index contributed by atoms with van der Waals surface area (Å²) in [5.74, 6) is 0. The van der Waals surface area contributed by atoms with E-state index in [1.165, 1.54) is 6.92 Å². The fraction of sp³-hybridized carbons (Fsp3) is 0.800. The summed E-state index contributed by atoms with van der Waals surface area (Å²) < 4.78 is 0. The third-order valence-corrected chi connectivity index (χ3v) is 0. The number of hydrogen-bond donors (Lipinski definition) is 3. The first-order chi connectivity index (χ1) is 3.83. The Balaban J connectivity index is -0.0000000116. The molecule has 0 aromatic carbocycles. The number of rotatable bonds is 0. The van der Waals surface area contributed by atoms with Crippen LogP contribution in [0.4, 0.5) is 0 Å². The van der Waals surface area contributed by atoms with Crippen LogP contribution in [0.15, 0.2) is 0 Å². The Morgan fingerprint density at radius 3 is 1.40 bits per heavy atom. The van der Waals surface area contributed by atoms with Crippen molar-refractivity contribution in [3.8, 4) is 6.07 Å². The fourth-order valence-electron chi connectivity index (χ4n) is 0. The van der Waals surface area contributed by atoms with Crippen LogP contribution in [0.2, 0.25) is 0 Å². The predicted molar refractivity (Wildman–Crippen MR) is 40.8 cm³/mol. The topological polar surface area (TPSA) is 131 Å². The van der Waals surface area contributed by atoms with Gasteiger partial charge in [-0.1, -0.05) is 0 Å². The van der Waals surface area contributed by atoms with E-state index in [4.69, 9.17) is 15.5 Å². The molecule has 0 bridgehead atoms. The molecule has 7 N–H and O–H groups in total. The zero-order valence-corrected chi connectivity index (χ0v) is 6.76. The van der Waals surface area contributed by atoms with Crippen LogP contribution >= 0.6 is 0 Å². The summed E-state index contributed by atoms with van der Waals surface area (Å²) in [5.41, 5.74) is 0. The summed E-state index contributed by atoms with van der Waals surface area (Å²) in [6.45, 7) is 3.36. The van der Waals surface area contributed by atoms with Crippen LogP contribution in [0.1, 0.15) is 13.8 Å². The normalized spacial score (nSPS) is 3.20. The van der Waals surface area contributed by atoms with Crippen LogP contribution in [0, 0.1) is 11.3 Å². The Morgan fingerprint density at radius 1 is 1.40 bits per heavy atom. The molecule has 0 saturated carbocycles. The molecule has 0 radical (unpaired) electrons. The lowest BCUT2D eigenvalue weighted by Crippen LogP contribution is -1.57. The van der Waals surface area contributed by atoms with E-state index in [-0.39, 0.29) is 18.2 Å². The minimum Gasteiger partial charge on any atom is -0.412 e. The SMILES string of the molecule is CC#N.CCO.CO.N.O. The Morgan fingerprint density at radius 2 is 1.40 bits per heavy atom. The third kappa shape index (κ3) is 654. The maximum Gasteiger partial charge on any atom is 0.0587 e. The van der Waals surface area contributed by atoms with Gasteiger partial charge in [0.15, 0.2) is 0 Å². The molecule has 0 amide bonds.